The lowest BCUT2D eigenvalue weighted by molar-refractivity contribution is 0.171. The molecular weight excluding hydrogens is 406 g/mol. The molecule has 0 radical (unpaired) electrons. The summed E-state index contributed by atoms with van der Waals surface area (Å²) in [6.45, 7) is 4.73. The zero-order valence-corrected chi connectivity index (χ0v) is 17.7. The minimum atomic E-state index is -0.190. The first-order valence-electron chi connectivity index (χ1n) is 10.8. The minimum Gasteiger partial charge on any atom is -0.486 e. The van der Waals surface area contributed by atoms with E-state index in [9.17, 15) is 4.79 Å². The fourth-order valence-corrected chi connectivity index (χ4v) is 4.64. The molecule has 0 saturated carbocycles. The molecular formula is C24H23N5O3. The first-order chi connectivity index (χ1) is 15.7. The Balaban J connectivity index is 1.34. The first kappa shape index (κ1) is 18.9. The van der Waals surface area contributed by atoms with Gasteiger partial charge >= 0.3 is 6.03 Å². The Hall–Kier alpha value is -3.81. The van der Waals surface area contributed by atoms with Crippen LogP contribution in [0.3, 0.4) is 0 Å². The van der Waals surface area contributed by atoms with Gasteiger partial charge in [0.1, 0.15) is 13.2 Å². The summed E-state index contributed by atoms with van der Waals surface area (Å²) in [7, 11) is 0. The number of hydrogen-bond acceptors (Lipinski definition) is 6. The molecule has 5 heterocycles. The van der Waals surface area contributed by atoms with Gasteiger partial charge in [-0.25, -0.2) is 9.78 Å². The van der Waals surface area contributed by atoms with Crippen LogP contribution in [0.2, 0.25) is 0 Å². The number of anilines is 3. The van der Waals surface area contributed by atoms with Crippen molar-refractivity contribution in [3.63, 3.8) is 0 Å². The van der Waals surface area contributed by atoms with Crippen molar-refractivity contribution in [2.75, 3.05) is 41.4 Å². The predicted molar refractivity (Wildman–Crippen MR) is 122 cm³/mol. The van der Waals surface area contributed by atoms with Crippen molar-refractivity contribution in [2.45, 2.75) is 19.4 Å². The normalized spacial score (nSPS) is 18.3. The van der Waals surface area contributed by atoms with Gasteiger partial charge in [-0.15, -0.1) is 0 Å². The Bertz CT molecular complexity index is 1210. The van der Waals surface area contributed by atoms with E-state index in [4.69, 9.17) is 14.5 Å². The van der Waals surface area contributed by atoms with E-state index in [0.29, 0.717) is 36.2 Å². The molecule has 1 fully saturated rings. The van der Waals surface area contributed by atoms with Crippen LogP contribution in [0, 0.1) is 6.92 Å². The van der Waals surface area contributed by atoms with E-state index in [-0.39, 0.29) is 12.1 Å². The van der Waals surface area contributed by atoms with Crippen LogP contribution >= 0.6 is 0 Å². The number of rotatable bonds is 2. The van der Waals surface area contributed by atoms with Crippen molar-refractivity contribution in [3.05, 3.63) is 54.4 Å². The molecule has 6 rings (SSSR count). The maximum atomic E-state index is 13.5. The van der Waals surface area contributed by atoms with Crippen LogP contribution in [-0.4, -0.2) is 48.3 Å². The highest BCUT2D eigenvalue weighted by atomic mass is 16.6. The van der Waals surface area contributed by atoms with E-state index >= 15 is 0 Å². The molecule has 1 saturated heterocycles. The second kappa shape index (κ2) is 7.40. The number of amides is 2. The van der Waals surface area contributed by atoms with E-state index in [1.165, 1.54) is 0 Å². The summed E-state index contributed by atoms with van der Waals surface area (Å²) in [4.78, 5) is 26.8. The molecule has 3 aliphatic heterocycles. The van der Waals surface area contributed by atoms with Crippen LogP contribution in [0.4, 0.5) is 22.0 Å². The van der Waals surface area contributed by atoms with Crippen molar-refractivity contribution in [3.8, 4) is 22.8 Å². The number of fused-ring (bicyclic) bond motifs is 5. The Morgan fingerprint density at radius 1 is 1.09 bits per heavy atom. The van der Waals surface area contributed by atoms with Gasteiger partial charge < -0.3 is 19.7 Å². The standard InChI is InChI=1S/C24H23N5O3/c1-15-12-16(6-8-25-15)19-3-4-20-23(27-19)29(18-7-9-28(20)14-18)24(30)26-17-2-5-21-22(13-17)32-11-10-31-21/h2-6,8,12-13,18H,7,9-11,14H2,1H3,(H,26,30). The van der Waals surface area contributed by atoms with Crippen LogP contribution < -0.4 is 24.6 Å². The molecule has 1 aromatic carbocycles. The molecule has 3 aromatic rings. The number of nitrogens with one attached hydrogen (secondary N) is 1. The average Bonchev–Trinajstić information content (AvgIpc) is 3.23. The lowest BCUT2D eigenvalue weighted by Crippen LogP contribution is -2.48. The number of carbonyl (C=O) groups excluding carboxylic acids is 1. The van der Waals surface area contributed by atoms with E-state index in [1.54, 1.807) is 6.20 Å². The van der Waals surface area contributed by atoms with E-state index in [1.807, 2.05) is 48.2 Å². The van der Waals surface area contributed by atoms with Crippen molar-refractivity contribution < 1.29 is 14.3 Å². The number of urea groups is 1. The summed E-state index contributed by atoms with van der Waals surface area (Å²) in [5.41, 5.74) is 4.40. The summed E-state index contributed by atoms with van der Waals surface area (Å²) in [6.07, 6.45) is 2.69. The van der Waals surface area contributed by atoms with Crippen molar-refractivity contribution in [2.24, 2.45) is 0 Å². The van der Waals surface area contributed by atoms with Crippen LogP contribution in [0.5, 0.6) is 11.5 Å². The molecule has 32 heavy (non-hydrogen) atoms. The third-order valence-electron chi connectivity index (χ3n) is 6.16. The molecule has 8 heteroatoms. The maximum Gasteiger partial charge on any atom is 0.327 e. The van der Waals surface area contributed by atoms with Crippen LogP contribution in [0.15, 0.2) is 48.7 Å². The summed E-state index contributed by atoms with van der Waals surface area (Å²) < 4.78 is 11.2. The quantitative estimate of drug-likeness (QED) is 0.667. The van der Waals surface area contributed by atoms with Crippen molar-refractivity contribution >= 4 is 23.2 Å². The van der Waals surface area contributed by atoms with Crippen molar-refractivity contribution in [1.82, 2.24) is 9.97 Å². The number of benzene rings is 1. The molecule has 162 valence electrons. The van der Waals surface area contributed by atoms with Gasteiger partial charge in [-0.1, -0.05) is 0 Å². The SMILES string of the molecule is Cc1cc(-c2ccc3c(n2)N(C(=O)Nc2ccc4c(c2)OCCO4)C2CCN3C2)ccn1. The van der Waals surface area contributed by atoms with Gasteiger partial charge in [0.05, 0.1) is 17.4 Å². The first-order valence-corrected chi connectivity index (χ1v) is 10.8. The molecule has 1 atom stereocenters. The molecule has 3 aliphatic rings. The van der Waals surface area contributed by atoms with E-state index in [0.717, 1.165) is 42.1 Å². The highest BCUT2D eigenvalue weighted by Gasteiger charge is 2.40. The Kier molecular flexibility index (Phi) is 4.38. The molecule has 1 N–H and O–H groups in total. The lowest BCUT2D eigenvalue weighted by Gasteiger charge is -2.36. The third-order valence-corrected chi connectivity index (χ3v) is 6.16. The molecule has 8 nitrogen and oxygen atoms in total. The molecule has 2 bridgehead atoms. The fourth-order valence-electron chi connectivity index (χ4n) is 4.64. The number of aryl methyl sites for hydroxylation is 1. The molecule has 0 aliphatic carbocycles. The average molecular weight is 429 g/mol. The van der Waals surface area contributed by atoms with Crippen molar-refractivity contribution in [1.29, 1.82) is 0 Å². The van der Waals surface area contributed by atoms with E-state index in [2.05, 4.69) is 21.3 Å². The Morgan fingerprint density at radius 3 is 2.84 bits per heavy atom. The smallest absolute Gasteiger partial charge is 0.327 e. The largest absolute Gasteiger partial charge is 0.486 e. The zero-order valence-electron chi connectivity index (χ0n) is 17.7. The second-order valence-electron chi connectivity index (χ2n) is 8.27. The fraction of sp³-hybridized carbons (Fsp3) is 0.292. The summed E-state index contributed by atoms with van der Waals surface area (Å²) in [5, 5.41) is 3.04. The van der Waals surface area contributed by atoms with Crippen LogP contribution in [0.25, 0.3) is 11.3 Å². The molecule has 0 spiro atoms. The molecule has 1 unspecified atom stereocenters. The highest BCUT2D eigenvalue weighted by molar-refractivity contribution is 6.05. The van der Waals surface area contributed by atoms with Crippen LogP contribution in [-0.2, 0) is 0 Å². The van der Waals surface area contributed by atoms with E-state index < -0.39 is 0 Å². The van der Waals surface area contributed by atoms with Gasteiger partial charge in [0.25, 0.3) is 0 Å². The van der Waals surface area contributed by atoms with Gasteiger partial charge in [-0.05, 0) is 49.7 Å². The minimum absolute atomic E-state index is 0.0848. The number of aromatic nitrogens is 2. The number of pyridine rings is 2. The summed E-state index contributed by atoms with van der Waals surface area (Å²) >= 11 is 0. The van der Waals surface area contributed by atoms with Gasteiger partial charge in [-0.3, -0.25) is 9.88 Å². The number of carbonyl (C=O) groups is 1. The zero-order chi connectivity index (χ0) is 21.7. The third kappa shape index (κ3) is 3.19. The van der Waals surface area contributed by atoms with Gasteiger partial charge in [0, 0.05) is 42.3 Å². The second-order valence-corrected chi connectivity index (χ2v) is 8.27. The van der Waals surface area contributed by atoms with Gasteiger partial charge in [-0.2, -0.15) is 0 Å². The predicted octanol–water partition coefficient (Wildman–Crippen LogP) is 3.85. The maximum absolute atomic E-state index is 13.5. The number of nitrogens with zero attached hydrogens (tertiary/aromatic N) is 4. The molecule has 2 aromatic heterocycles. The lowest BCUT2D eigenvalue weighted by atomic mass is 10.1. The monoisotopic (exact) mass is 429 g/mol. The highest BCUT2D eigenvalue weighted by Crippen LogP contribution is 2.40. The number of ether oxygens (including phenoxy) is 2. The summed E-state index contributed by atoms with van der Waals surface area (Å²) in [5.74, 6) is 2.04. The Labute approximate surface area is 185 Å². The molecule has 2 amide bonds. The topological polar surface area (TPSA) is 79.8 Å². The van der Waals surface area contributed by atoms with Crippen LogP contribution in [0.1, 0.15) is 12.1 Å². The van der Waals surface area contributed by atoms with Gasteiger partial charge in [0.15, 0.2) is 17.3 Å². The van der Waals surface area contributed by atoms with Gasteiger partial charge in [0.2, 0.25) is 0 Å². The Morgan fingerprint density at radius 2 is 1.97 bits per heavy atom. The number of hydrogen-bond donors (Lipinski definition) is 1. The summed E-state index contributed by atoms with van der Waals surface area (Å²) in [6, 6.07) is 13.4.